The maximum Gasteiger partial charge on any atom is 0.265 e. The Labute approximate surface area is 105 Å². The molecule has 0 aromatic carbocycles. The highest BCUT2D eigenvalue weighted by atomic mass is 32.1. The molecular weight excluding hydrogens is 238 g/mol. The van der Waals surface area contributed by atoms with Gasteiger partial charge in [-0.25, -0.2) is 0 Å². The highest BCUT2D eigenvalue weighted by Crippen LogP contribution is 2.23. The maximum absolute atomic E-state index is 11.7. The van der Waals surface area contributed by atoms with E-state index >= 15 is 0 Å². The van der Waals surface area contributed by atoms with E-state index in [4.69, 9.17) is 9.47 Å². The number of thiophene rings is 1. The molecule has 0 radical (unpaired) electrons. The average Bonchev–Trinajstić information content (AvgIpc) is 2.75. The van der Waals surface area contributed by atoms with Crippen LogP contribution in [-0.2, 0) is 4.74 Å². The maximum atomic E-state index is 11.7. The molecular formula is C12H17NO3S. The predicted octanol–water partition coefficient (Wildman–Crippen LogP) is 2.08. The van der Waals surface area contributed by atoms with Crippen LogP contribution in [0.4, 0.5) is 0 Å². The Kier molecular flexibility index (Phi) is 5.72. The fourth-order valence-corrected chi connectivity index (χ4v) is 1.96. The zero-order valence-electron chi connectivity index (χ0n) is 10.1. The summed E-state index contributed by atoms with van der Waals surface area (Å²) < 4.78 is 10.3. The van der Waals surface area contributed by atoms with Gasteiger partial charge >= 0.3 is 0 Å². The summed E-state index contributed by atoms with van der Waals surface area (Å²) in [5.74, 6) is 0.478. The average molecular weight is 255 g/mol. The van der Waals surface area contributed by atoms with E-state index in [0.717, 1.165) is 5.57 Å². The summed E-state index contributed by atoms with van der Waals surface area (Å²) in [7, 11) is 1.55. The molecule has 4 nitrogen and oxygen atoms in total. The molecule has 5 heteroatoms. The number of amides is 1. The van der Waals surface area contributed by atoms with Gasteiger partial charge in [-0.3, -0.25) is 4.79 Å². The monoisotopic (exact) mass is 255 g/mol. The molecule has 0 aliphatic rings. The molecule has 0 spiro atoms. The molecule has 0 saturated heterocycles. The molecule has 17 heavy (non-hydrogen) atoms. The van der Waals surface area contributed by atoms with E-state index in [0.29, 0.717) is 30.4 Å². The SMILES string of the molecule is C=C(C)COCCNC(=O)c1sccc1OC. The molecule has 1 heterocycles. The Balaban J connectivity index is 2.28. The number of rotatable bonds is 7. The van der Waals surface area contributed by atoms with Gasteiger partial charge in [-0.15, -0.1) is 11.3 Å². The fraction of sp³-hybridized carbons (Fsp3) is 0.417. The van der Waals surface area contributed by atoms with E-state index in [1.165, 1.54) is 11.3 Å². The van der Waals surface area contributed by atoms with Crippen molar-refractivity contribution in [2.75, 3.05) is 26.9 Å². The molecule has 1 rings (SSSR count). The highest BCUT2D eigenvalue weighted by molar-refractivity contribution is 7.12. The van der Waals surface area contributed by atoms with Crippen LogP contribution in [0.5, 0.6) is 5.75 Å². The number of nitrogens with one attached hydrogen (secondary N) is 1. The zero-order chi connectivity index (χ0) is 12.7. The minimum absolute atomic E-state index is 0.129. The van der Waals surface area contributed by atoms with Gasteiger partial charge in [-0.2, -0.15) is 0 Å². The standard InChI is InChI=1S/C12H17NO3S/c1-9(2)8-16-6-5-13-12(14)11-10(15-3)4-7-17-11/h4,7H,1,5-6,8H2,2-3H3,(H,13,14). The van der Waals surface area contributed by atoms with Crippen molar-refractivity contribution >= 4 is 17.2 Å². The number of methoxy groups -OCH3 is 1. The van der Waals surface area contributed by atoms with Crippen molar-refractivity contribution in [2.45, 2.75) is 6.92 Å². The van der Waals surface area contributed by atoms with Crippen LogP contribution in [-0.4, -0.2) is 32.8 Å². The van der Waals surface area contributed by atoms with Crippen LogP contribution in [0.2, 0.25) is 0 Å². The minimum atomic E-state index is -0.129. The van der Waals surface area contributed by atoms with Gasteiger partial charge in [0.15, 0.2) is 0 Å². The highest BCUT2D eigenvalue weighted by Gasteiger charge is 2.12. The third kappa shape index (κ3) is 4.58. The van der Waals surface area contributed by atoms with Crippen LogP contribution in [0.25, 0.3) is 0 Å². The van der Waals surface area contributed by atoms with E-state index in [2.05, 4.69) is 11.9 Å². The van der Waals surface area contributed by atoms with Crippen LogP contribution in [0.15, 0.2) is 23.6 Å². The molecule has 94 valence electrons. The van der Waals surface area contributed by atoms with Gasteiger partial charge < -0.3 is 14.8 Å². The van der Waals surface area contributed by atoms with E-state index in [-0.39, 0.29) is 5.91 Å². The lowest BCUT2D eigenvalue weighted by molar-refractivity contribution is 0.0928. The largest absolute Gasteiger partial charge is 0.495 e. The van der Waals surface area contributed by atoms with Crippen LogP contribution < -0.4 is 10.1 Å². The van der Waals surface area contributed by atoms with Gasteiger partial charge in [0.1, 0.15) is 10.6 Å². The number of ether oxygens (including phenoxy) is 2. The first kappa shape index (κ1) is 13.7. The number of hydrogen-bond donors (Lipinski definition) is 1. The summed E-state index contributed by atoms with van der Waals surface area (Å²) in [5, 5.41) is 4.60. The topological polar surface area (TPSA) is 47.6 Å². The molecule has 0 aliphatic carbocycles. The first-order valence-corrected chi connectivity index (χ1v) is 6.15. The zero-order valence-corrected chi connectivity index (χ0v) is 10.9. The normalized spacial score (nSPS) is 10.0. The first-order chi connectivity index (χ1) is 8.15. The second-order valence-corrected chi connectivity index (χ2v) is 4.50. The third-order valence-electron chi connectivity index (χ3n) is 1.94. The van der Waals surface area contributed by atoms with Gasteiger partial charge in [-0.1, -0.05) is 12.2 Å². The van der Waals surface area contributed by atoms with Crippen molar-refractivity contribution in [3.63, 3.8) is 0 Å². The van der Waals surface area contributed by atoms with Crippen molar-refractivity contribution < 1.29 is 14.3 Å². The molecule has 1 aromatic rings. The van der Waals surface area contributed by atoms with Gasteiger partial charge in [-0.05, 0) is 18.4 Å². The Morgan fingerprint density at radius 2 is 2.35 bits per heavy atom. The second-order valence-electron chi connectivity index (χ2n) is 3.58. The van der Waals surface area contributed by atoms with Crippen molar-refractivity contribution in [3.8, 4) is 5.75 Å². The summed E-state index contributed by atoms with van der Waals surface area (Å²) in [5.41, 5.74) is 0.969. The molecule has 1 amide bonds. The summed E-state index contributed by atoms with van der Waals surface area (Å²) in [6.45, 7) is 7.11. The molecule has 0 unspecified atom stereocenters. The lowest BCUT2D eigenvalue weighted by Gasteiger charge is -2.06. The molecule has 1 aromatic heterocycles. The van der Waals surface area contributed by atoms with E-state index in [1.54, 1.807) is 13.2 Å². The predicted molar refractivity (Wildman–Crippen MR) is 68.8 cm³/mol. The quantitative estimate of drug-likeness (QED) is 0.599. The van der Waals surface area contributed by atoms with E-state index < -0.39 is 0 Å². The summed E-state index contributed by atoms with van der Waals surface area (Å²) in [6.07, 6.45) is 0. The fourth-order valence-electron chi connectivity index (χ4n) is 1.19. The van der Waals surface area contributed by atoms with E-state index in [9.17, 15) is 4.79 Å². The smallest absolute Gasteiger partial charge is 0.265 e. The van der Waals surface area contributed by atoms with Crippen molar-refractivity contribution in [1.29, 1.82) is 0 Å². The number of hydrogen-bond acceptors (Lipinski definition) is 4. The summed E-state index contributed by atoms with van der Waals surface area (Å²) in [6, 6.07) is 1.77. The van der Waals surface area contributed by atoms with E-state index in [1.807, 2.05) is 12.3 Å². The van der Waals surface area contributed by atoms with Crippen LogP contribution in [0.1, 0.15) is 16.6 Å². The molecule has 0 aliphatic heterocycles. The molecule has 1 N–H and O–H groups in total. The summed E-state index contributed by atoms with van der Waals surface area (Å²) in [4.78, 5) is 12.3. The lowest BCUT2D eigenvalue weighted by Crippen LogP contribution is -2.27. The van der Waals surface area contributed by atoms with Crippen molar-refractivity contribution in [1.82, 2.24) is 5.32 Å². The number of carbonyl (C=O) groups excluding carboxylic acids is 1. The van der Waals surface area contributed by atoms with Gasteiger partial charge in [0.2, 0.25) is 0 Å². The molecule has 0 atom stereocenters. The summed E-state index contributed by atoms with van der Waals surface area (Å²) >= 11 is 1.36. The number of carbonyl (C=O) groups is 1. The third-order valence-corrected chi connectivity index (χ3v) is 2.83. The Morgan fingerprint density at radius 3 is 3.00 bits per heavy atom. The Hall–Kier alpha value is -1.33. The van der Waals surface area contributed by atoms with Gasteiger partial charge in [0, 0.05) is 6.54 Å². The molecule has 0 bridgehead atoms. The first-order valence-electron chi connectivity index (χ1n) is 5.27. The van der Waals surface area contributed by atoms with Crippen LogP contribution in [0, 0.1) is 0 Å². The van der Waals surface area contributed by atoms with Crippen molar-refractivity contribution in [2.24, 2.45) is 0 Å². The van der Waals surface area contributed by atoms with Gasteiger partial charge in [0.25, 0.3) is 5.91 Å². The van der Waals surface area contributed by atoms with Crippen molar-refractivity contribution in [3.05, 3.63) is 28.5 Å². The minimum Gasteiger partial charge on any atom is -0.495 e. The van der Waals surface area contributed by atoms with Gasteiger partial charge in [0.05, 0.1) is 20.3 Å². The van der Waals surface area contributed by atoms with Crippen LogP contribution in [0.3, 0.4) is 0 Å². The second kappa shape index (κ2) is 7.09. The van der Waals surface area contributed by atoms with Crippen LogP contribution >= 0.6 is 11.3 Å². The Bertz CT molecular complexity index is 387. The lowest BCUT2D eigenvalue weighted by atomic mass is 10.4. The Morgan fingerprint density at radius 1 is 1.59 bits per heavy atom. The molecule has 0 fully saturated rings. The molecule has 0 saturated carbocycles.